The minimum Gasteiger partial charge on any atom is -0.248 e. The summed E-state index contributed by atoms with van der Waals surface area (Å²) in [5, 5.41) is 1.84. The van der Waals surface area contributed by atoms with Gasteiger partial charge < -0.3 is 0 Å². The van der Waals surface area contributed by atoms with Crippen LogP contribution in [0.2, 0.25) is 0 Å². The van der Waals surface area contributed by atoms with Crippen molar-refractivity contribution in [2.45, 2.75) is 37.1 Å². The quantitative estimate of drug-likeness (QED) is 0.944. The van der Waals surface area contributed by atoms with Crippen LogP contribution in [0, 0.1) is 0 Å². The molecule has 0 saturated carbocycles. The van der Waals surface area contributed by atoms with Gasteiger partial charge in [-0.2, -0.15) is 0 Å². The van der Waals surface area contributed by atoms with E-state index in [0.29, 0.717) is 4.90 Å². The Bertz CT molecular complexity index is 694. The van der Waals surface area contributed by atoms with Gasteiger partial charge in [-0.15, -0.1) is 11.3 Å². The van der Waals surface area contributed by atoms with Crippen molar-refractivity contribution in [2.75, 3.05) is 0 Å². The lowest BCUT2D eigenvalue weighted by Gasteiger charge is -2.16. The van der Waals surface area contributed by atoms with E-state index in [9.17, 15) is 8.42 Å². The topological polar surface area (TPSA) is 59.1 Å². The summed E-state index contributed by atoms with van der Waals surface area (Å²) in [6, 6.07) is 5.47. The van der Waals surface area contributed by atoms with Gasteiger partial charge >= 0.3 is 0 Å². The Morgan fingerprint density at radius 1 is 1.20 bits per heavy atom. The van der Waals surface area contributed by atoms with Crippen LogP contribution in [0.15, 0.2) is 34.0 Å². The number of benzene rings is 1. The van der Waals surface area contributed by atoms with Crippen LogP contribution in [0.4, 0.5) is 0 Å². The molecule has 6 heteroatoms. The number of aromatic nitrogens is 1. The van der Waals surface area contributed by atoms with Crippen LogP contribution in [-0.2, 0) is 29.4 Å². The Morgan fingerprint density at radius 2 is 2.00 bits per heavy atom. The third kappa shape index (κ3) is 2.92. The van der Waals surface area contributed by atoms with Gasteiger partial charge in [0.15, 0.2) is 0 Å². The molecule has 0 amide bonds. The molecular formula is C14H16N2O2S2. The van der Waals surface area contributed by atoms with Gasteiger partial charge in [0.1, 0.15) is 0 Å². The Hall–Kier alpha value is -1.24. The summed E-state index contributed by atoms with van der Waals surface area (Å²) in [6.07, 6.45) is 4.37. The molecule has 2 aromatic rings. The second-order valence-corrected chi connectivity index (χ2v) is 7.43. The van der Waals surface area contributed by atoms with E-state index in [0.717, 1.165) is 25.0 Å². The molecule has 0 saturated heterocycles. The van der Waals surface area contributed by atoms with Crippen LogP contribution >= 0.6 is 11.3 Å². The molecule has 1 aromatic carbocycles. The predicted octanol–water partition coefficient (Wildman–Crippen LogP) is 2.50. The summed E-state index contributed by atoms with van der Waals surface area (Å²) in [4.78, 5) is 4.43. The molecule has 1 heterocycles. The monoisotopic (exact) mass is 308 g/mol. The van der Waals surface area contributed by atoms with E-state index in [1.807, 2.05) is 17.5 Å². The van der Waals surface area contributed by atoms with E-state index in [4.69, 9.17) is 0 Å². The summed E-state index contributed by atoms with van der Waals surface area (Å²) in [5.74, 6) is 0. The number of nitrogens with one attached hydrogen (secondary N) is 1. The molecule has 0 aliphatic heterocycles. The second-order valence-electron chi connectivity index (χ2n) is 4.94. The molecule has 1 aliphatic rings. The van der Waals surface area contributed by atoms with E-state index in [2.05, 4.69) is 9.71 Å². The van der Waals surface area contributed by atoms with Crippen LogP contribution in [0.5, 0.6) is 0 Å². The average Bonchev–Trinajstić information content (AvgIpc) is 2.98. The van der Waals surface area contributed by atoms with E-state index < -0.39 is 10.0 Å². The van der Waals surface area contributed by atoms with Crippen molar-refractivity contribution in [1.29, 1.82) is 0 Å². The van der Waals surface area contributed by atoms with Crippen molar-refractivity contribution in [1.82, 2.24) is 9.71 Å². The first-order valence-corrected chi connectivity index (χ1v) is 9.06. The number of hydrogen-bond acceptors (Lipinski definition) is 4. The minimum atomic E-state index is -3.46. The normalized spacial score (nSPS) is 15.0. The first-order chi connectivity index (χ1) is 9.65. The summed E-state index contributed by atoms with van der Waals surface area (Å²) >= 11 is 1.46. The minimum absolute atomic E-state index is 0.239. The molecule has 1 N–H and O–H groups in total. The van der Waals surface area contributed by atoms with Gasteiger partial charge in [-0.3, -0.25) is 0 Å². The summed E-state index contributed by atoms with van der Waals surface area (Å²) < 4.78 is 27.2. The molecule has 0 atom stereocenters. The highest BCUT2D eigenvalue weighted by Crippen LogP contribution is 2.24. The molecule has 20 heavy (non-hydrogen) atoms. The fourth-order valence-corrected chi connectivity index (χ4v) is 4.06. The SMILES string of the molecule is O=S(=O)(NCc1cscn1)c1ccc2c(c1)CCCC2. The number of hydrogen-bond donors (Lipinski definition) is 1. The molecule has 0 spiro atoms. The first kappa shape index (κ1) is 13.7. The van der Waals surface area contributed by atoms with Crippen LogP contribution < -0.4 is 4.72 Å². The van der Waals surface area contributed by atoms with Gasteiger partial charge in [-0.1, -0.05) is 6.07 Å². The third-order valence-electron chi connectivity index (χ3n) is 3.56. The lowest BCUT2D eigenvalue weighted by molar-refractivity contribution is 0.580. The number of sulfonamides is 1. The maximum atomic E-state index is 12.3. The Morgan fingerprint density at radius 3 is 2.75 bits per heavy atom. The zero-order valence-electron chi connectivity index (χ0n) is 11.0. The lowest BCUT2D eigenvalue weighted by Crippen LogP contribution is -2.23. The van der Waals surface area contributed by atoms with Gasteiger partial charge in [0.25, 0.3) is 0 Å². The van der Waals surface area contributed by atoms with Crippen molar-refractivity contribution in [2.24, 2.45) is 0 Å². The molecule has 3 rings (SSSR count). The van der Waals surface area contributed by atoms with E-state index in [1.165, 1.54) is 28.9 Å². The number of aryl methyl sites for hydroxylation is 2. The number of rotatable bonds is 4. The van der Waals surface area contributed by atoms with Crippen LogP contribution in [-0.4, -0.2) is 13.4 Å². The molecule has 1 aromatic heterocycles. The Balaban J connectivity index is 1.80. The molecule has 0 radical (unpaired) electrons. The van der Waals surface area contributed by atoms with Crippen molar-refractivity contribution < 1.29 is 8.42 Å². The Labute approximate surface area is 122 Å². The molecule has 1 aliphatic carbocycles. The van der Waals surface area contributed by atoms with Gasteiger partial charge in [-0.05, 0) is 48.9 Å². The van der Waals surface area contributed by atoms with Crippen molar-refractivity contribution >= 4 is 21.4 Å². The zero-order chi connectivity index (χ0) is 14.0. The zero-order valence-corrected chi connectivity index (χ0v) is 12.6. The predicted molar refractivity (Wildman–Crippen MR) is 79.2 cm³/mol. The van der Waals surface area contributed by atoms with Crippen LogP contribution in [0.3, 0.4) is 0 Å². The molecular weight excluding hydrogens is 292 g/mol. The highest BCUT2D eigenvalue weighted by Gasteiger charge is 2.17. The number of fused-ring (bicyclic) bond motifs is 1. The largest absolute Gasteiger partial charge is 0.248 e. The Kier molecular flexibility index (Phi) is 3.87. The fraction of sp³-hybridized carbons (Fsp3) is 0.357. The van der Waals surface area contributed by atoms with Crippen LogP contribution in [0.25, 0.3) is 0 Å². The summed E-state index contributed by atoms with van der Waals surface area (Å²) in [7, 11) is -3.46. The number of thiazole rings is 1. The van der Waals surface area contributed by atoms with Crippen LogP contribution in [0.1, 0.15) is 29.7 Å². The van der Waals surface area contributed by atoms with Crippen molar-refractivity contribution in [3.8, 4) is 0 Å². The van der Waals surface area contributed by atoms with E-state index in [-0.39, 0.29) is 6.54 Å². The smallest absolute Gasteiger partial charge is 0.240 e. The van der Waals surface area contributed by atoms with Crippen molar-refractivity contribution in [3.63, 3.8) is 0 Å². The highest BCUT2D eigenvalue weighted by molar-refractivity contribution is 7.89. The molecule has 0 fully saturated rings. The van der Waals surface area contributed by atoms with Crippen molar-refractivity contribution in [3.05, 3.63) is 45.9 Å². The third-order valence-corrected chi connectivity index (χ3v) is 5.59. The van der Waals surface area contributed by atoms with Gasteiger partial charge in [0.2, 0.25) is 10.0 Å². The molecule has 0 unspecified atom stereocenters. The fourth-order valence-electron chi connectivity index (χ4n) is 2.45. The van der Waals surface area contributed by atoms with Gasteiger partial charge in [0.05, 0.1) is 22.6 Å². The lowest BCUT2D eigenvalue weighted by atomic mass is 9.92. The van der Waals surface area contributed by atoms with Gasteiger partial charge in [-0.25, -0.2) is 18.1 Å². The highest BCUT2D eigenvalue weighted by atomic mass is 32.2. The molecule has 4 nitrogen and oxygen atoms in total. The van der Waals surface area contributed by atoms with E-state index >= 15 is 0 Å². The maximum Gasteiger partial charge on any atom is 0.240 e. The summed E-state index contributed by atoms with van der Waals surface area (Å²) in [6.45, 7) is 0.239. The standard InChI is InChI=1S/C14H16N2O2S2/c17-20(18,16-8-13-9-19-10-15-13)14-6-5-11-3-1-2-4-12(11)7-14/h5-7,9-10,16H,1-4,8H2. The maximum absolute atomic E-state index is 12.3. The van der Waals surface area contributed by atoms with Gasteiger partial charge in [0, 0.05) is 5.38 Å². The average molecular weight is 308 g/mol. The molecule has 106 valence electrons. The van der Waals surface area contributed by atoms with E-state index in [1.54, 1.807) is 11.6 Å². The summed E-state index contributed by atoms with van der Waals surface area (Å²) in [5.41, 5.74) is 4.90. The first-order valence-electron chi connectivity index (χ1n) is 6.64. The molecule has 0 bridgehead atoms. The second kappa shape index (κ2) is 5.63. The number of nitrogens with zero attached hydrogens (tertiary/aromatic N) is 1.